The maximum Gasteiger partial charge on any atom is 0.511 e. The number of carbonyl (C=O) groups is 5. The molecule has 0 aliphatic carbocycles. The first-order valence-corrected chi connectivity index (χ1v) is 13.8. The van der Waals surface area contributed by atoms with Gasteiger partial charge in [-0.05, 0) is 6.92 Å². The molecule has 2 saturated heterocycles. The predicted molar refractivity (Wildman–Crippen MR) is 138 cm³/mol. The number of anilines is 1. The highest BCUT2D eigenvalue weighted by Crippen LogP contribution is 2.44. The van der Waals surface area contributed by atoms with Gasteiger partial charge >= 0.3 is 24.3 Å². The monoisotopic (exact) mass is 639 g/mol. The minimum Gasteiger partial charge on any atom is -0.479 e. The topological polar surface area (TPSA) is 209 Å². The molecule has 1 aromatic heterocycles. The Morgan fingerprint density at radius 2 is 2.07 bits per heavy atom. The number of aliphatic carboxylic acids is 1. The number of nitrogens with zero attached hydrogens (tertiary/aromatic N) is 3. The minimum absolute atomic E-state index is 0.0366. The van der Waals surface area contributed by atoms with E-state index < -0.39 is 78.1 Å². The van der Waals surface area contributed by atoms with E-state index in [1.54, 1.807) is 0 Å². The second kappa shape index (κ2) is 13.3. The lowest BCUT2D eigenvalue weighted by Crippen LogP contribution is -2.74. The van der Waals surface area contributed by atoms with E-state index in [9.17, 15) is 37.1 Å². The molecule has 4 atom stereocenters. The molecule has 4 N–H and O–H groups in total. The Kier molecular flexibility index (Phi) is 10.3. The summed E-state index contributed by atoms with van der Waals surface area (Å²) in [7, 11) is 0. The number of nitrogen functional groups attached to an aromatic ring is 1. The van der Waals surface area contributed by atoms with Crippen LogP contribution < -0.4 is 11.1 Å². The van der Waals surface area contributed by atoms with E-state index in [-0.39, 0.29) is 29.3 Å². The van der Waals surface area contributed by atoms with Crippen molar-refractivity contribution in [3.05, 3.63) is 23.2 Å². The Hall–Kier alpha value is -4.07. The van der Waals surface area contributed by atoms with Gasteiger partial charge in [-0.15, -0.1) is 23.1 Å². The zero-order valence-corrected chi connectivity index (χ0v) is 23.4. The number of nitrogens with one attached hydrogen (secondary N) is 1. The van der Waals surface area contributed by atoms with Crippen LogP contribution in [0.2, 0.25) is 0 Å². The second-order valence-corrected chi connectivity index (χ2v) is 10.6. The summed E-state index contributed by atoms with van der Waals surface area (Å²) in [6.45, 7) is 1.20. The predicted octanol–water partition coefficient (Wildman–Crippen LogP) is 1.10. The molecule has 2 aliphatic heterocycles. The van der Waals surface area contributed by atoms with Gasteiger partial charge in [0.1, 0.15) is 22.5 Å². The number of nitrogens with two attached hydrogens (primary N) is 1. The molecule has 15 nitrogen and oxygen atoms in total. The lowest BCUT2D eigenvalue weighted by molar-refractivity contribution is -0.179. The molecule has 3 heterocycles. The van der Waals surface area contributed by atoms with Gasteiger partial charge in [0.15, 0.2) is 10.8 Å². The van der Waals surface area contributed by atoms with Crippen molar-refractivity contribution in [2.24, 2.45) is 10.6 Å². The summed E-state index contributed by atoms with van der Waals surface area (Å²) in [6, 6.07) is -1.19. The number of allylic oxidation sites excluding steroid dienone is 1. The Balaban J connectivity index is 1.75. The molecule has 3 rings (SSSR count). The summed E-state index contributed by atoms with van der Waals surface area (Å²) in [5.74, 6) is -4.59. The fourth-order valence-corrected chi connectivity index (χ4v) is 5.74. The molecule has 2 aliphatic rings. The number of carboxylic acids is 1. The maximum atomic E-state index is 13.1. The van der Waals surface area contributed by atoms with Gasteiger partial charge in [0.25, 0.3) is 5.91 Å². The number of β-lactam (4-membered cyclic amide) rings is 1. The average molecular weight is 640 g/mol. The van der Waals surface area contributed by atoms with Crippen LogP contribution in [0.15, 0.2) is 22.7 Å². The molecule has 0 spiro atoms. The van der Waals surface area contributed by atoms with Gasteiger partial charge < -0.3 is 40.1 Å². The highest BCUT2D eigenvalue weighted by atomic mass is 32.2. The van der Waals surface area contributed by atoms with Crippen LogP contribution in [0.4, 0.5) is 23.1 Å². The highest BCUT2D eigenvalue weighted by Gasteiger charge is 2.57. The van der Waals surface area contributed by atoms with Crippen molar-refractivity contribution in [1.29, 1.82) is 0 Å². The Labute approximate surface area is 243 Å². The summed E-state index contributed by atoms with van der Waals surface area (Å²) in [5.41, 5.74) is 3.07. The molecular weight excluding hydrogens is 615 g/mol. The highest BCUT2D eigenvalue weighted by molar-refractivity contribution is 8.00. The van der Waals surface area contributed by atoms with E-state index in [2.05, 4.69) is 25.0 Å². The third-order valence-electron chi connectivity index (χ3n) is 5.51. The van der Waals surface area contributed by atoms with Crippen LogP contribution >= 0.6 is 23.1 Å². The van der Waals surface area contributed by atoms with Crippen molar-refractivity contribution in [1.82, 2.24) is 15.2 Å². The lowest BCUT2D eigenvalue weighted by Gasteiger charge is -2.53. The molecule has 0 saturated carbocycles. The fraction of sp³-hybridized carbons (Fsp3) is 0.500. The third-order valence-corrected chi connectivity index (χ3v) is 7.73. The van der Waals surface area contributed by atoms with E-state index in [0.29, 0.717) is 6.08 Å². The number of carboxylic acid groups (broad SMARTS) is 1. The molecule has 0 radical (unpaired) electrons. The van der Waals surface area contributed by atoms with Crippen molar-refractivity contribution >= 4 is 63.9 Å². The number of thiazole rings is 1. The molecule has 3 unspecified atom stereocenters. The molecule has 230 valence electrons. The number of esters is 1. The van der Waals surface area contributed by atoms with Crippen molar-refractivity contribution in [3.8, 4) is 0 Å². The Morgan fingerprint density at radius 3 is 2.67 bits per heavy atom. The number of aromatic nitrogens is 1. The first-order chi connectivity index (χ1) is 19.7. The quantitative estimate of drug-likeness (QED) is 0.0775. The van der Waals surface area contributed by atoms with Gasteiger partial charge in [-0.1, -0.05) is 11.2 Å². The number of halogens is 3. The van der Waals surface area contributed by atoms with Crippen molar-refractivity contribution in [2.75, 3.05) is 31.2 Å². The molecule has 0 aromatic carbocycles. The number of hydrogen-bond donors (Lipinski definition) is 3. The van der Waals surface area contributed by atoms with Crippen LogP contribution in [0.1, 0.15) is 19.5 Å². The zero-order chi connectivity index (χ0) is 31.2. The number of hydrogen-bond acceptors (Lipinski definition) is 14. The fourth-order valence-electron chi connectivity index (χ4n) is 3.68. The number of oxime groups is 1. The number of rotatable bonds is 11. The Bertz CT molecular complexity index is 1290. The number of fused-ring (bicyclic) bond motifs is 1. The van der Waals surface area contributed by atoms with E-state index >= 15 is 0 Å². The van der Waals surface area contributed by atoms with Gasteiger partial charge in [-0.3, -0.25) is 14.4 Å². The summed E-state index contributed by atoms with van der Waals surface area (Å²) in [5, 5.41) is 15.3. The molecule has 42 heavy (non-hydrogen) atoms. The van der Waals surface area contributed by atoms with E-state index in [1.165, 1.54) is 12.3 Å². The van der Waals surface area contributed by atoms with Gasteiger partial charge in [-0.2, -0.15) is 13.2 Å². The normalized spacial score (nSPS) is 22.9. The smallest absolute Gasteiger partial charge is 0.479 e. The molecule has 1 aromatic rings. The molecular formula is C22H24F3N5O10S2. The van der Waals surface area contributed by atoms with Crippen molar-refractivity contribution < 1.29 is 61.3 Å². The summed E-state index contributed by atoms with van der Waals surface area (Å²) in [6.07, 6.45) is -7.06. The van der Waals surface area contributed by atoms with Crippen molar-refractivity contribution in [3.63, 3.8) is 0 Å². The van der Waals surface area contributed by atoms with Crippen LogP contribution in [0.25, 0.3) is 0 Å². The van der Waals surface area contributed by atoms with E-state index in [0.717, 1.165) is 34.9 Å². The number of ether oxygens (including phenoxy) is 3. The van der Waals surface area contributed by atoms with Gasteiger partial charge in [0, 0.05) is 30.7 Å². The summed E-state index contributed by atoms with van der Waals surface area (Å²) < 4.78 is 53.5. The summed E-state index contributed by atoms with van der Waals surface area (Å²) in [4.78, 5) is 70.9. The van der Waals surface area contributed by atoms with Gasteiger partial charge in [-0.25, -0.2) is 14.6 Å². The maximum absolute atomic E-state index is 13.1. The number of carbonyl (C=O) groups excluding carboxylic acids is 4. The van der Waals surface area contributed by atoms with Gasteiger partial charge in [0.2, 0.25) is 18.8 Å². The molecule has 0 bridgehead atoms. The standard InChI is InChI=1S/C22H24F3N5O10S2/c1-3-37-20(36)40-10(2)39-18(35)21(4-5-22(23,24)25)8-30-16(34)14(17(30)42-9-21)28-15(33)13(29-38-6-12(31)32)11-7-41-19(26)27-11/h4-5,7,10,14,17H,3,6,8-9H2,1-2H3,(H2,26,27)(H,28,33)(H,31,32)/t10?,14?,17-,21?/m1/s1. The molecule has 20 heteroatoms. The largest absolute Gasteiger partial charge is 0.511 e. The first-order valence-electron chi connectivity index (χ1n) is 11.8. The van der Waals surface area contributed by atoms with Crippen LogP contribution in [-0.2, 0) is 38.2 Å². The minimum atomic E-state index is -4.80. The van der Waals surface area contributed by atoms with Crippen LogP contribution in [0, 0.1) is 5.41 Å². The second-order valence-electron chi connectivity index (χ2n) is 8.60. The van der Waals surface area contributed by atoms with Crippen LogP contribution in [0.5, 0.6) is 0 Å². The van der Waals surface area contributed by atoms with Crippen LogP contribution in [-0.4, -0.2) is 100 Å². The average Bonchev–Trinajstić information content (AvgIpc) is 3.33. The lowest BCUT2D eigenvalue weighted by atomic mass is 9.86. The van der Waals surface area contributed by atoms with E-state index in [1.807, 2.05) is 0 Å². The number of alkyl halides is 3. The molecule has 2 amide bonds. The number of thioether (sulfide) groups is 1. The van der Waals surface area contributed by atoms with Crippen LogP contribution in [0.3, 0.4) is 0 Å². The third kappa shape index (κ3) is 8.02. The zero-order valence-electron chi connectivity index (χ0n) is 21.8. The van der Waals surface area contributed by atoms with E-state index in [4.69, 9.17) is 20.3 Å². The van der Waals surface area contributed by atoms with Crippen molar-refractivity contribution in [2.45, 2.75) is 37.7 Å². The first kappa shape index (κ1) is 32.4. The molecule has 2 fully saturated rings. The SMILES string of the molecule is CCOC(=O)OC(C)OC(=O)C1(C=CC(F)(F)F)CS[C@@H]2C(NC(=O)C(=NOCC(=O)O)c3csc(N)n3)C(=O)N2C1. The Morgan fingerprint density at radius 1 is 1.36 bits per heavy atom. The summed E-state index contributed by atoms with van der Waals surface area (Å²) >= 11 is 1.85. The number of amides is 2. The van der Waals surface area contributed by atoms with Gasteiger partial charge in [0.05, 0.1) is 6.61 Å².